The average molecular weight is 258 g/mol. The predicted octanol–water partition coefficient (Wildman–Crippen LogP) is 2.87. The number of aryl methyl sites for hydroxylation is 1. The quantitative estimate of drug-likeness (QED) is 0.688. The highest BCUT2D eigenvalue weighted by molar-refractivity contribution is 5.52. The number of ether oxygens (including phenoxy) is 1. The summed E-state index contributed by atoms with van der Waals surface area (Å²) in [5, 5.41) is 28.4. The summed E-state index contributed by atoms with van der Waals surface area (Å²) in [7, 11) is 0. The molecule has 0 saturated heterocycles. The van der Waals surface area contributed by atoms with Gasteiger partial charge in [-0.1, -0.05) is 18.2 Å². The van der Waals surface area contributed by atoms with Crippen molar-refractivity contribution in [2.24, 2.45) is 0 Å². The van der Waals surface area contributed by atoms with Crippen molar-refractivity contribution in [3.05, 3.63) is 47.5 Å². The number of phenols is 3. The third-order valence-electron chi connectivity index (χ3n) is 3.38. The van der Waals surface area contributed by atoms with Crippen LogP contribution in [0.3, 0.4) is 0 Å². The molecule has 1 atom stereocenters. The first kappa shape index (κ1) is 11.7. The Morgan fingerprint density at radius 2 is 1.68 bits per heavy atom. The Morgan fingerprint density at radius 1 is 1.00 bits per heavy atom. The Morgan fingerprint density at radius 3 is 2.42 bits per heavy atom. The zero-order chi connectivity index (χ0) is 13.4. The van der Waals surface area contributed by atoms with E-state index in [-0.39, 0.29) is 17.6 Å². The van der Waals surface area contributed by atoms with Crippen LogP contribution in [0.1, 0.15) is 23.7 Å². The Balaban J connectivity index is 1.93. The van der Waals surface area contributed by atoms with Gasteiger partial charge >= 0.3 is 0 Å². The van der Waals surface area contributed by atoms with Gasteiger partial charge < -0.3 is 20.1 Å². The molecule has 0 aliphatic carbocycles. The molecule has 1 heterocycles. The fraction of sp³-hybridized carbons (Fsp3) is 0.200. The van der Waals surface area contributed by atoms with Crippen LogP contribution in [0.15, 0.2) is 36.4 Å². The minimum Gasteiger partial charge on any atom is -0.504 e. The number of aromatic hydroxyl groups is 3. The number of rotatable bonds is 1. The standard InChI is InChI=1S/C15H14O4/c16-11-7-10(8-12(17)15(11)18)14-6-5-9-3-1-2-4-13(9)19-14/h1-4,7-8,14,16-18H,5-6H2. The SMILES string of the molecule is Oc1cc(C2CCc3ccccc3O2)cc(O)c1O. The molecule has 4 nitrogen and oxygen atoms in total. The van der Waals surface area contributed by atoms with E-state index in [0.717, 1.165) is 24.2 Å². The highest BCUT2D eigenvalue weighted by atomic mass is 16.5. The lowest BCUT2D eigenvalue weighted by Crippen LogP contribution is -2.14. The number of benzene rings is 2. The molecule has 1 aliphatic heterocycles. The summed E-state index contributed by atoms with van der Waals surface area (Å²) in [6.45, 7) is 0. The lowest BCUT2D eigenvalue weighted by Gasteiger charge is -2.26. The van der Waals surface area contributed by atoms with E-state index in [1.807, 2.05) is 24.3 Å². The lowest BCUT2D eigenvalue weighted by atomic mass is 9.97. The first-order chi connectivity index (χ1) is 9.15. The first-order valence-electron chi connectivity index (χ1n) is 6.14. The van der Waals surface area contributed by atoms with E-state index in [4.69, 9.17) is 4.74 Å². The van der Waals surface area contributed by atoms with E-state index in [9.17, 15) is 15.3 Å². The predicted molar refractivity (Wildman–Crippen MR) is 69.6 cm³/mol. The molecular formula is C15H14O4. The molecule has 0 radical (unpaired) electrons. The lowest BCUT2D eigenvalue weighted by molar-refractivity contribution is 0.175. The number of phenolic OH excluding ortho intramolecular Hbond substituents is 3. The summed E-state index contributed by atoms with van der Waals surface area (Å²) >= 11 is 0. The molecule has 19 heavy (non-hydrogen) atoms. The molecular weight excluding hydrogens is 244 g/mol. The molecule has 3 rings (SSSR count). The number of hydrogen-bond acceptors (Lipinski definition) is 4. The van der Waals surface area contributed by atoms with Crippen LogP contribution in [0.5, 0.6) is 23.0 Å². The number of hydrogen-bond donors (Lipinski definition) is 3. The second-order valence-corrected chi connectivity index (χ2v) is 4.66. The Hall–Kier alpha value is -2.36. The molecule has 1 unspecified atom stereocenters. The van der Waals surface area contributed by atoms with E-state index in [2.05, 4.69) is 0 Å². The van der Waals surface area contributed by atoms with Gasteiger partial charge in [0.05, 0.1) is 0 Å². The maximum absolute atomic E-state index is 9.54. The van der Waals surface area contributed by atoms with Crippen LogP contribution in [0.4, 0.5) is 0 Å². The highest BCUT2D eigenvalue weighted by Crippen LogP contribution is 2.41. The van der Waals surface area contributed by atoms with E-state index >= 15 is 0 Å². The fourth-order valence-corrected chi connectivity index (χ4v) is 2.37. The molecule has 4 heteroatoms. The third-order valence-corrected chi connectivity index (χ3v) is 3.38. The van der Waals surface area contributed by atoms with Gasteiger partial charge in [-0.15, -0.1) is 0 Å². The van der Waals surface area contributed by atoms with E-state index in [0.29, 0.717) is 5.56 Å². The van der Waals surface area contributed by atoms with Gasteiger partial charge in [-0.25, -0.2) is 0 Å². The van der Waals surface area contributed by atoms with Gasteiger partial charge in [-0.05, 0) is 42.2 Å². The van der Waals surface area contributed by atoms with Crippen molar-refractivity contribution in [1.29, 1.82) is 0 Å². The molecule has 0 aromatic heterocycles. The minimum absolute atomic E-state index is 0.229. The van der Waals surface area contributed by atoms with Gasteiger partial charge in [0.1, 0.15) is 11.9 Å². The molecule has 3 N–H and O–H groups in total. The van der Waals surface area contributed by atoms with Gasteiger partial charge in [0.25, 0.3) is 0 Å². The summed E-state index contributed by atoms with van der Waals surface area (Å²) in [5.41, 5.74) is 1.81. The second kappa shape index (κ2) is 4.39. The van der Waals surface area contributed by atoms with Crippen LogP contribution >= 0.6 is 0 Å². The van der Waals surface area contributed by atoms with Crippen molar-refractivity contribution in [2.75, 3.05) is 0 Å². The summed E-state index contributed by atoms with van der Waals surface area (Å²) in [6, 6.07) is 10.7. The number of para-hydroxylation sites is 1. The summed E-state index contributed by atoms with van der Waals surface area (Å²) in [5.74, 6) is -0.347. The Kier molecular flexibility index (Phi) is 2.71. The monoisotopic (exact) mass is 258 g/mol. The van der Waals surface area contributed by atoms with E-state index in [1.165, 1.54) is 12.1 Å². The smallest absolute Gasteiger partial charge is 0.200 e. The Bertz CT molecular complexity index is 598. The average Bonchev–Trinajstić information content (AvgIpc) is 2.43. The maximum atomic E-state index is 9.54. The van der Waals surface area contributed by atoms with Crippen molar-refractivity contribution in [1.82, 2.24) is 0 Å². The van der Waals surface area contributed by atoms with Gasteiger partial charge in [0.2, 0.25) is 0 Å². The normalized spacial score (nSPS) is 17.6. The number of fused-ring (bicyclic) bond motifs is 1. The fourth-order valence-electron chi connectivity index (χ4n) is 2.37. The van der Waals surface area contributed by atoms with Gasteiger partial charge in [0.15, 0.2) is 17.2 Å². The van der Waals surface area contributed by atoms with Crippen LogP contribution < -0.4 is 4.74 Å². The second-order valence-electron chi connectivity index (χ2n) is 4.66. The van der Waals surface area contributed by atoms with Crippen LogP contribution in [0.2, 0.25) is 0 Å². The largest absolute Gasteiger partial charge is 0.504 e. The van der Waals surface area contributed by atoms with Crippen molar-refractivity contribution >= 4 is 0 Å². The Labute approximate surface area is 110 Å². The summed E-state index contributed by atoms with van der Waals surface area (Å²) in [6.07, 6.45) is 1.41. The van der Waals surface area contributed by atoms with Gasteiger partial charge in [-0.2, -0.15) is 0 Å². The van der Waals surface area contributed by atoms with Crippen molar-refractivity contribution in [3.8, 4) is 23.0 Å². The van der Waals surface area contributed by atoms with E-state index < -0.39 is 5.75 Å². The van der Waals surface area contributed by atoms with Crippen molar-refractivity contribution in [2.45, 2.75) is 18.9 Å². The minimum atomic E-state index is -0.500. The molecule has 1 aliphatic rings. The van der Waals surface area contributed by atoms with Crippen LogP contribution in [-0.4, -0.2) is 15.3 Å². The van der Waals surface area contributed by atoms with Gasteiger partial charge in [-0.3, -0.25) is 0 Å². The molecule has 98 valence electrons. The molecule has 0 fully saturated rings. The zero-order valence-corrected chi connectivity index (χ0v) is 10.2. The van der Waals surface area contributed by atoms with E-state index in [1.54, 1.807) is 0 Å². The maximum Gasteiger partial charge on any atom is 0.200 e. The van der Waals surface area contributed by atoms with Gasteiger partial charge in [0, 0.05) is 0 Å². The van der Waals surface area contributed by atoms with Crippen LogP contribution in [0.25, 0.3) is 0 Å². The first-order valence-corrected chi connectivity index (χ1v) is 6.14. The highest BCUT2D eigenvalue weighted by Gasteiger charge is 2.23. The molecule has 0 saturated carbocycles. The third kappa shape index (κ3) is 2.05. The van der Waals surface area contributed by atoms with Crippen molar-refractivity contribution < 1.29 is 20.1 Å². The summed E-state index contributed by atoms with van der Waals surface area (Å²) in [4.78, 5) is 0. The molecule has 2 aromatic rings. The molecule has 0 bridgehead atoms. The molecule has 2 aromatic carbocycles. The molecule has 0 spiro atoms. The molecule has 0 amide bonds. The zero-order valence-electron chi connectivity index (χ0n) is 10.2. The van der Waals surface area contributed by atoms with Crippen molar-refractivity contribution in [3.63, 3.8) is 0 Å². The van der Waals surface area contributed by atoms with Crippen LogP contribution in [-0.2, 0) is 6.42 Å². The van der Waals surface area contributed by atoms with Crippen LogP contribution in [0, 0.1) is 0 Å². The topological polar surface area (TPSA) is 69.9 Å². The summed E-state index contributed by atoms with van der Waals surface area (Å²) < 4.78 is 5.86.